The minimum atomic E-state index is -0.0125. The van der Waals surface area contributed by atoms with Gasteiger partial charge in [0.05, 0.1) is 0 Å². The summed E-state index contributed by atoms with van der Waals surface area (Å²) < 4.78 is 0. The molecule has 1 aromatic rings. The van der Waals surface area contributed by atoms with Crippen LogP contribution in [0.15, 0.2) is 18.2 Å². The van der Waals surface area contributed by atoms with Gasteiger partial charge in [0.1, 0.15) is 11.0 Å². The first-order chi connectivity index (χ1) is 8.26. The van der Waals surface area contributed by atoms with Crippen molar-refractivity contribution in [1.29, 1.82) is 0 Å². The van der Waals surface area contributed by atoms with Crippen molar-refractivity contribution in [3.05, 3.63) is 23.4 Å². The minimum Gasteiger partial charge on any atom is -0.311 e. The lowest BCUT2D eigenvalue weighted by molar-refractivity contribution is -0.117. The monoisotopic (exact) mass is 268 g/mol. The Labute approximate surface area is 114 Å². The third-order valence-electron chi connectivity index (χ3n) is 2.48. The van der Waals surface area contributed by atoms with Crippen LogP contribution >= 0.6 is 11.6 Å². The molecule has 0 radical (unpaired) electrons. The Balaban J connectivity index is 2.47. The molecule has 4 heteroatoms. The number of carbonyl (C=O) groups is 1. The number of rotatable bonds is 4. The summed E-state index contributed by atoms with van der Waals surface area (Å²) in [5.74, 6) is 0.848. The van der Waals surface area contributed by atoms with E-state index in [4.69, 9.17) is 11.6 Å². The van der Waals surface area contributed by atoms with E-state index in [9.17, 15) is 4.79 Å². The molecule has 1 atom stereocenters. The summed E-state index contributed by atoms with van der Waals surface area (Å²) in [7, 11) is 0. The van der Waals surface area contributed by atoms with E-state index in [0.717, 1.165) is 6.42 Å². The van der Waals surface area contributed by atoms with Gasteiger partial charge in [-0.3, -0.25) is 4.79 Å². The highest BCUT2D eigenvalue weighted by molar-refractivity contribution is 6.29. The van der Waals surface area contributed by atoms with Crippen LogP contribution in [0.5, 0.6) is 0 Å². The van der Waals surface area contributed by atoms with E-state index in [-0.39, 0.29) is 11.3 Å². The first-order valence-electron chi connectivity index (χ1n) is 6.19. The van der Waals surface area contributed by atoms with E-state index in [0.29, 0.717) is 23.3 Å². The van der Waals surface area contributed by atoms with Crippen LogP contribution in [0.2, 0.25) is 5.15 Å². The van der Waals surface area contributed by atoms with Gasteiger partial charge in [0, 0.05) is 6.42 Å². The van der Waals surface area contributed by atoms with Crippen LogP contribution in [-0.2, 0) is 4.79 Å². The van der Waals surface area contributed by atoms with Crippen molar-refractivity contribution in [3.63, 3.8) is 0 Å². The molecule has 1 heterocycles. The molecule has 100 valence electrons. The highest BCUT2D eigenvalue weighted by atomic mass is 35.5. The Morgan fingerprint density at radius 3 is 2.67 bits per heavy atom. The van der Waals surface area contributed by atoms with Gasteiger partial charge in [0.25, 0.3) is 0 Å². The van der Waals surface area contributed by atoms with E-state index < -0.39 is 0 Å². The Morgan fingerprint density at radius 1 is 1.44 bits per heavy atom. The van der Waals surface area contributed by atoms with E-state index in [1.807, 2.05) is 0 Å². The standard InChI is InChI=1S/C14H21ClN2O/c1-10(9-14(2,3)4)8-13(18)17-12-7-5-6-11(15)16-12/h5-7,10H,8-9H2,1-4H3,(H,16,17,18). The van der Waals surface area contributed by atoms with Gasteiger partial charge < -0.3 is 5.32 Å². The number of pyridine rings is 1. The van der Waals surface area contributed by atoms with Crippen LogP contribution < -0.4 is 5.32 Å². The molecule has 1 amide bonds. The first kappa shape index (κ1) is 15.0. The van der Waals surface area contributed by atoms with Crippen molar-refractivity contribution in [2.45, 2.75) is 40.5 Å². The smallest absolute Gasteiger partial charge is 0.225 e. The van der Waals surface area contributed by atoms with Crippen LogP contribution in [0.3, 0.4) is 0 Å². The maximum absolute atomic E-state index is 11.8. The Hall–Kier alpha value is -1.09. The number of carbonyl (C=O) groups excluding carboxylic acids is 1. The molecule has 0 saturated carbocycles. The van der Waals surface area contributed by atoms with Crippen molar-refractivity contribution in [1.82, 2.24) is 4.98 Å². The van der Waals surface area contributed by atoms with Crippen molar-refractivity contribution >= 4 is 23.3 Å². The molecule has 0 aliphatic carbocycles. The van der Waals surface area contributed by atoms with Gasteiger partial charge in [-0.05, 0) is 29.9 Å². The third kappa shape index (κ3) is 6.01. The zero-order valence-corrected chi connectivity index (χ0v) is 12.2. The van der Waals surface area contributed by atoms with E-state index in [2.05, 4.69) is 38.0 Å². The highest BCUT2D eigenvalue weighted by Gasteiger charge is 2.17. The van der Waals surface area contributed by atoms with Crippen molar-refractivity contribution < 1.29 is 4.79 Å². The van der Waals surface area contributed by atoms with Crippen molar-refractivity contribution in [2.75, 3.05) is 5.32 Å². The lowest BCUT2D eigenvalue weighted by atomic mass is 9.84. The quantitative estimate of drug-likeness (QED) is 0.834. The Bertz CT molecular complexity index is 413. The van der Waals surface area contributed by atoms with Crippen LogP contribution in [0, 0.1) is 11.3 Å². The van der Waals surface area contributed by atoms with Gasteiger partial charge in [-0.1, -0.05) is 45.4 Å². The SMILES string of the molecule is CC(CC(=O)Nc1cccc(Cl)n1)CC(C)(C)C. The normalized spacial score (nSPS) is 13.2. The predicted octanol–water partition coefficient (Wildman–Crippen LogP) is 4.14. The number of amides is 1. The van der Waals surface area contributed by atoms with Crippen molar-refractivity contribution in [3.8, 4) is 0 Å². The zero-order chi connectivity index (χ0) is 13.8. The summed E-state index contributed by atoms with van der Waals surface area (Å²) in [6, 6.07) is 5.18. The summed E-state index contributed by atoms with van der Waals surface area (Å²) in [6.45, 7) is 8.63. The molecule has 0 saturated heterocycles. The highest BCUT2D eigenvalue weighted by Crippen LogP contribution is 2.26. The second-order valence-corrected chi connectivity index (χ2v) is 6.36. The van der Waals surface area contributed by atoms with Crippen LogP contribution in [0.25, 0.3) is 0 Å². The van der Waals surface area contributed by atoms with E-state index in [1.165, 1.54) is 0 Å². The lowest BCUT2D eigenvalue weighted by Gasteiger charge is -2.22. The zero-order valence-electron chi connectivity index (χ0n) is 11.5. The topological polar surface area (TPSA) is 42.0 Å². The van der Waals surface area contributed by atoms with Gasteiger partial charge in [-0.2, -0.15) is 0 Å². The number of hydrogen-bond donors (Lipinski definition) is 1. The fourth-order valence-corrected chi connectivity index (χ4v) is 2.27. The molecular weight excluding hydrogens is 248 g/mol. The fraction of sp³-hybridized carbons (Fsp3) is 0.571. The Kier molecular flexibility index (Phi) is 5.15. The summed E-state index contributed by atoms with van der Waals surface area (Å²) in [6.07, 6.45) is 1.52. The molecule has 0 aliphatic heterocycles. The average Bonchev–Trinajstić information content (AvgIpc) is 2.13. The number of halogens is 1. The lowest BCUT2D eigenvalue weighted by Crippen LogP contribution is -2.19. The number of nitrogens with zero attached hydrogens (tertiary/aromatic N) is 1. The van der Waals surface area contributed by atoms with Gasteiger partial charge in [0.2, 0.25) is 5.91 Å². The second kappa shape index (κ2) is 6.19. The molecule has 1 aromatic heterocycles. The molecule has 0 bridgehead atoms. The van der Waals surface area contributed by atoms with Gasteiger partial charge >= 0.3 is 0 Å². The van der Waals surface area contributed by atoms with Gasteiger partial charge in [-0.15, -0.1) is 0 Å². The maximum atomic E-state index is 11.8. The van der Waals surface area contributed by atoms with Gasteiger partial charge in [-0.25, -0.2) is 4.98 Å². The minimum absolute atomic E-state index is 0.0125. The number of anilines is 1. The average molecular weight is 269 g/mol. The van der Waals surface area contributed by atoms with E-state index in [1.54, 1.807) is 18.2 Å². The molecule has 0 spiro atoms. The maximum Gasteiger partial charge on any atom is 0.225 e. The predicted molar refractivity (Wildman–Crippen MR) is 75.7 cm³/mol. The molecule has 1 rings (SSSR count). The summed E-state index contributed by atoms with van der Waals surface area (Å²) >= 11 is 5.76. The molecule has 1 unspecified atom stereocenters. The summed E-state index contributed by atoms with van der Waals surface area (Å²) in [5, 5.41) is 3.15. The summed E-state index contributed by atoms with van der Waals surface area (Å²) in [5.41, 5.74) is 0.244. The fourth-order valence-electron chi connectivity index (χ4n) is 2.11. The largest absolute Gasteiger partial charge is 0.311 e. The molecule has 0 fully saturated rings. The molecule has 3 nitrogen and oxygen atoms in total. The van der Waals surface area contributed by atoms with E-state index >= 15 is 0 Å². The summed E-state index contributed by atoms with van der Waals surface area (Å²) in [4.78, 5) is 15.9. The number of nitrogens with one attached hydrogen (secondary N) is 1. The van der Waals surface area contributed by atoms with Crippen LogP contribution in [0.1, 0.15) is 40.5 Å². The Morgan fingerprint density at radius 2 is 2.11 bits per heavy atom. The van der Waals surface area contributed by atoms with Gasteiger partial charge in [0.15, 0.2) is 0 Å². The molecule has 0 aromatic carbocycles. The number of aromatic nitrogens is 1. The van der Waals surface area contributed by atoms with Crippen LogP contribution in [0.4, 0.5) is 5.82 Å². The first-order valence-corrected chi connectivity index (χ1v) is 6.56. The molecular formula is C14H21ClN2O. The van der Waals surface area contributed by atoms with Crippen molar-refractivity contribution in [2.24, 2.45) is 11.3 Å². The number of hydrogen-bond acceptors (Lipinski definition) is 2. The molecule has 18 heavy (non-hydrogen) atoms. The van der Waals surface area contributed by atoms with Crippen LogP contribution in [-0.4, -0.2) is 10.9 Å². The molecule has 0 aliphatic rings. The molecule has 1 N–H and O–H groups in total. The second-order valence-electron chi connectivity index (χ2n) is 5.97. The third-order valence-corrected chi connectivity index (χ3v) is 2.69.